The van der Waals surface area contributed by atoms with Crippen LogP contribution in [0.15, 0.2) is 6.20 Å². The topological polar surface area (TPSA) is 50.9 Å². The van der Waals surface area contributed by atoms with Gasteiger partial charge in [0.25, 0.3) is 0 Å². The average Bonchev–Trinajstić information content (AvgIpc) is 2.17. The van der Waals surface area contributed by atoms with Crippen LogP contribution < -0.4 is 11.3 Å². The minimum Gasteiger partial charge on any atom is -0.271 e. The van der Waals surface area contributed by atoms with Crippen LogP contribution in [0.3, 0.4) is 0 Å². The van der Waals surface area contributed by atoms with Gasteiger partial charge in [0.2, 0.25) is 0 Å². The third-order valence-electron chi connectivity index (χ3n) is 0.945. The van der Waals surface area contributed by atoms with Crippen LogP contribution in [0.4, 0.5) is 0 Å². The zero-order chi connectivity index (χ0) is 6.69. The van der Waals surface area contributed by atoms with E-state index in [9.17, 15) is 0 Å². The molecule has 1 heterocycles. The fourth-order valence-electron chi connectivity index (χ4n) is 0.588. The highest BCUT2D eigenvalue weighted by atomic mass is 32.1. The van der Waals surface area contributed by atoms with Crippen LogP contribution in [0.25, 0.3) is 0 Å². The van der Waals surface area contributed by atoms with Crippen molar-refractivity contribution in [1.82, 2.24) is 10.4 Å². The highest BCUT2D eigenvalue weighted by molar-refractivity contribution is 7.11. The normalized spacial score (nSPS) is 10.0. The molecule has 0 aromatic carbocycles. The van der Waals surface area contributed by atoms with Crippen molar-refractivity contribution in [2.75, 3.05) is 0 Å². The summed E-state index contributed by atoms with van der Waals surface area (Å²) < 4.78 is 0. The Morgan fingerprint density at radius 1 is 1.89 bits per heavy atom. The number of hydrogen-bond acceptors (Lipinski definition) is 4. The summed E-state index contributed by atoms with van der Waals surface area (Å²) in [6, 6.07) is 0. The van der Waals surface area contributed by atoms with Gasteiger partial charge < -0.3 is 0 Å². The second kappa shape index (κ2) is 2.91. The average molecular weight is 143 g/mol. The van der Waals surface area contributed by atoms with Gasteiger partial charge in [0.1, 0.15) is 0 Å². The molecule has 1 aromatic rings. The first kappa shape index (κ1) is 6.67. The molecule has 1 rings (SSSR count). The van der Waals surface area contributed by atoms with Gasteiger partial charge in [-0.25, -0.2) is 4.98 Å². The van der Waals surface area contributed by atoms with E-state index in [4.69, 9.17) is 5.84 Å². The van der Waals surface area contributed by atoms with Gasteiger partial charge in [-0.15, -0.1) is 11.3 Å². The number of aryl methyl sites for hydroxylation is 1. The van der Waals surface area contributed by atoms with Gasteiger partial charge >= 0.3 is 0 Å². The zero-order valence-electron chi connectivity index (χ0n) is 5.22. The van der Waals surface area contributed by atoms with Gasteiger partial charge in [0.15, 0.2) is 0 Å². The first-order valence-electron chi connectivity index (χ1n) is 2.67. The van der Waals surface area contributed by atoms with Crippen molar-refractivity contribution in [2.24, 2.45) is 5.84 Å². The van der Waals surface area contributed by atoms with E-state index >= 15 is 0 Å². The molecule has 0 aliphatic heterocycles. The molecule has 9 heavy (non-hydrogen) atoms. The van der Waals surface area contributed by atoms with E-state index in [0.29, 0.717) is 6.54 Å². The molecule has 0 unspecified atom stereocenters. The monoisotopic (exact) mass is 143 g/mol. The van der Waals surface area contributed by atoms with Crippen LogP contribution in [0.2, 0.25) is 0 Å². The predicted octanol–water partition coefficient (Wildman–Crippen LogP) is 0.415. The summed E-state index contributed by atoms with van der Waals surface area (Å²) in [5.74, 6) is 5.10. The van der Waals surface area contributed by atoms with Crippen LogP contribution >= 0.6 is 11.3 Å². The van der Waals surface area contributed by atoms with E-state index in [1.165, 1.54) is 4.88 Å². The minimum atomic E-state index is 0.714. The summed E-state index contributed by atoms with van der Waals surface area (Å²) in [7, 11) is 0. The lowest BCUT2D eigenvalue weighted by atomic mass is 10.6. The molecule has 0 fully saturated rings. The highest BCUT2D eigenvalue weighted by Gasteiger charge is 1.93. The number of nitrogens with two attached hydrogens (primary N) is 1. The number of aromatic nitrogens is 1. The highest BCUT2D eigenvalue weighted by Crippen LogP contribution is 2.09. The van der Waals surface area contributed by atoms with E-state index in [1.54, 1.807) is 11.3 Å². The molecular formula is C5H9N3S. The molecule has 0 spiro atoms. The first-order valence-corrected chi connectivity index (χ1v) is 3.49. The van der Waals surface area contributed by atoms with Gasteiger partial charge in [-0.3, -0.25) is 11.3 Å². The van der Waals surface area contributed by atoms with Gasteiger partial charge in [0, 0.05) is 17.6 Å². The van der Waals surface area contributed by atoms with E-state index in [1.807, 2.05) is 13.1 Å². The fraction of sp³-hybridized carbons (Fsp3) is 0.400. The second-order valence-electron chi connectivity index (χ2n) is 1.73. The van der Waals surface area contributed by atoms with Crippen LogP contribution in [0.1, 0.15) is 9.88 Å². The van der Waals surface area contributed by atoms with E-state index in [2.05, 4.69) is 10.4 Å². The maximum Gasteiger partial charge on any atom is 0.0897 e. The van der Waals surface area contributed by atoms with Crippen molar-refractivity contribution >= 4 is 11.3 Å². The second-order valence-corrected chi connectivity index (χ2v) is 3.05. The number of hydrazine groups is 1. The number of nitrogens with zero attached hydrogens (tertiary/aromatic N) is 1. The standard InChI is InChI=1S/C5H9N3S/c1-4-7-2-5(9-4)3-8-6/h2,8H,3,6H2,1H3. The quantitative estimate of drug-likeness (QED) is 0.466. The molecule has 0 atom stereocenters. The van der Waals surface area contributed by atoms with Crippen molar-refractivity contribution < 1.29 is 0 Å². The zero-order valence-corrected chi connectivity index (χ0v) is 6.03. The molecule has 0 saturated carbocycles. The lowest BCUT2D eigenvalue weighted by molar-refractivity contribution is 0.750. The number of rotatable bonds is 2. The van der Waals surface area contributed by atoms with E-state index < -0.39 is 0 Å². The SMILES string of the molecule is Cc1ncc(CNN)s1. The molecule has 0 aliphatic carbocycles. The number of thiazole rings is 1. The smallest absolute Gasteiger partial charge is 0.0897 e. The Bertz CT molecular complexity index is 184. The summed E-state index contributed by atoms with van der Waals surface area (Å²) in [6.45, 7) is 2.69. The van der Waals surface area contributed by atoms with Crippen LogP contribution in [-0.4, -0.2) is 4.98 Å². The third kappa shape index (κ3) is 1.74. The Morgan fingerprint density at radius 3 is 3.11 bits per heavy atom. The molecule has 4 heteroatoms. The summed E-state index contributed by atoms with van der Waals surface area (Å²) in [5, 5.41) is 1.08. The Kier molecular flexibility index (Phi) is 2.16. The van der Waals surface area contributed by atoms with Crippen molar-refractivity contribution in [3.63, 3.8) is 0 Å². The Hall–Kier alpha value is -0.450. The molecule has 0 amide bonds. The summed E-state index contributed by atoms with van der Waals surface area (Å²) in [5.41, 5.74) is 2.57. The Balaban J connectivity index is 2.61. The third-order valence-corrected chi connectivity index (χ3v) is 1.86. The van der Waals surface area contributed by atoms with Crippen LogP contribution in [0.5, 0.6) is 0 Å². The van der Waals surface area contributed by atoms with Crippen LogP contribution in [0, 0.1) is 6.92 Å². The molecule has 0 bridgehead atoms. The molecule has 3 nitrogen and oxygen atoms in total. The molecule has 1 aromatic heterocycles. The van der Waals surface area contributed by atoms with Gasteiger partial charge in [0.05, 0.1) is 5.01 Å². The van der Waals surface area contributed by atoms with Crippen molar-refractivity contribution in [1.29, 1.82) is 0 Å². The Labute approximate surface area is 57.9 Å². The largest absolute Gasteiger partial charge is 0.271 e. The van der Waals surface area contributed by atoms with Crippen molar-refractivity contribution in [3.8, 4) is 0 Å². The summed E-state index contributed by atoms with van der Waals surface area (Å²) >= 11 is 1.66. The maximum atomic E-state index is 5.10. The minimum absolute atomic E-state index is 0.714. The molecule has 3 N–H and O–H groups in total. The van der Waals surface area contributed by atoms with Gasteiger partial charge in [-0.1, -0.05) is 0 Å². The molecule has 0 saturated heterocycles. The molecule has 0 aliphatic rings. The van der Waals surface area contributed by atoms with Gasteiger partial charge in [-0.05, 0) is 6.92 Å². The molecular weight excluding hydrogens is 134 g/mol. The maximum absolute atomic E-state index is 5.10. The lowest BCUT2D eigenvalue weighted by Gasteiger charge is -1.88. The van der Waals surface area contributed by atoms with Crippen molar-refractivity contribution in [3.05, 3.63) is 16.1 Å². The van der Waals surface area contributed by atoms with E-state index in [-0.39, 0.29) is 0 Å². The molecule has 0 radical (unpaired) electrons. The van der Waals surface area contributed by atoms with Crippen LogP contribution in [-0.2, 0) is 6.54 Å². The summed E-state index contributed by atoms with van der Waals surface area (Å²) in [6.07, 6.45) is 1.83. The van der Waals surface area contributed by atoms with Crippen molar-refractivity contribution in [2.45, 2.75) is 13.5 Å². The Morgan fingerprint density at radius 2 is 2.67 bits per heavy atom. The number of hydrogen-bond donors (Lipinski definition) is 2. The first-order chi connectivity index (χ1) is 4.33. The van der Waals surface area contributed by atoms with Gasteiger partial charge in [-0.2, -0.15) is 0 Å². The number of nitrogens with one attached hydrogen (secondary N) is 1. The molecule has 50 valence electrons. The predicted molar refractivity (Wildman–Crippen MR) is 37.9 cm³/mol. The lowest BCUT2D eigenvalue weighted by Crippen LogP contribution is -2.19. The van der Waals surface area contributed by atoms with E-state index in [0.717, 1.165) is 5.01 Å². The fourth-order valence-corrected chi connectivity index (χ4v) is 1.33. The summed E-state index contributed by atoms with van der Waals surface area (Å²) in [4.78, 5) is 5.23.